The summed E-state index contributed by atoms with van der Waals surface area (Å²) in [4.78, 5) is 4.40. The molecule has 3 nitrogen and oxygen atoms in total. The van der Waals surface area contributed by atoms with Crippen LogP contribution in [0.25, 0.3) is 0 Å². The van der Waals surface area contributed by atoms with E-state index in [2.05, 4.69) is 10.1 Å². The summed E-state index contributed by atoms with van der Waals surface area (Å²) in [5.74, 6) is 0.497. The fraction of sp³-hybridized carbons (Fsp3) is 0.400. The lowest BCUT2D eigenvalue weighted by atomic mass is 10.4. The standard InChI is InChI=1S/C10H12ClN3S/c1-8-5-12-14(6-8)3-2-10-13-9(4-11)7-15-10/h5-7H,2-4H2,1H3. The molecule has 0 fully saturated rings. The second-order valence-electron chi connectivity index (χ2n) is 3.40. The molecule has 15 heavy (non-hydrogen) atoms. The molecular formula is C10H12ClN3S. The first-order valence-corrected chi connectivity index (χ1v) is 6.17. The largest absolute Gasteiger partial charge is 0.272 e. The van der Waals surface area contributed by atoms with E-state index in [4.69, 9.17) is 11.6 Å². The molecule has 0 aliphatic carbocycles. The summed E-state index contributed by atoms with van der Waals surface area (Å²) in [6.07, 6.45) is 4.82. The number of nitrogens with zero attached hydrogens (tertiary/aromatic N) is 3. The minimum Gasteiger partial charge on any atom is -0.272 e. The Kier molecular flexibility index (Phi) is 3.38. The average Bonchev–Trinajstić information content (AvgIpc) is 2.83. The summed E-state index contributed by atoms with van der Waals surface area (Å²) in [6, 6.07) is 0. The van der Waals surface area contributed by atoms with Crippen molar-refractivity contribution in [2.75, 3.05) is 0 Å². The molecular weight excluding hydrogens is 230 g/mol. The fourth-order valence-electron chi connectivity index (χ4n) is 1.32. The van der Waals surface area contributed by atoms with Gasteiger partial charge >= 0.3 is 0 Å². The molecule has 0 N–H and O–H groups in total. The first-order chi connectivity index (χ1) is 7.28. The molecule has 80 valence electrons. The van der Waals surface area contributed by atoms with E-state index in [9.17, 15) is 0 Å². The zero-order chi connectivity index (χ0) is 10.7. The van der Waals surface area contributed by atoms with Crippen LogP contribution in [-0.4, -0.2) is 14.8 Å². The molecule has 2 rings (SSSR count). The van der Waals surface area contributed by atoms with Crippen LogP contribution in [0.5, 0.6) is 0 Å². The van der Waals surface area contributed by atoms with Crippen LogP contribution >= 0.6 is 22.9 Å². The van der Waals surface area contributed by atoms with Crippen molar-refractivity contribution < 1.29 is 0 Å². The van der Waals surface area contributed by atoms with Crippen LogP contribution < -0.4 is 0 Å². The minimum absolute atomic E-state index is 0.497. The van der Waals surface area contributed by atoms with Gasteiger partial charge in [0.2, 0.25) is 0 Å². The van der Waals surface area contributed by atoms with Crippen LogP contribution in [0.4, 0.5) is 0 Å². The summed E-state index contributed by atoms with van der Waals surface area (Å²) in [7, 11) is 0. The molecule has 0 spiro atoms. The molecule has 0 unspecified atom stereocenters. The van der Waals surface area contributed by atoms with Gasteiger partial charge in [0, 0.05) is 24.5 Å². The van der Waals surface area contributed by atoms with Crippen LogP contribution in [0.15, 0.2) is 17.8 Å². The number of alkyl halides is 1. The Hall–Kier alpha value is -0.870. The van der Waals surface area contributed by atoms with Gasteiger partial charge in [0.25, 0.3) is 0 Å². The highest BCUT2D eigenvalue weighted by atomic mass is 35.5. The topological polar surface area (TPSA) is 30.7 Å². The molecule has 0 bridgehead atoms. The highest BCUT2D eigenvalue weighted by Gasteiger charge is 2.01. The van der Waals surface area contributed by atoms with E-state index in [1.54, 1.807) is 11.3 Å². The molecule has 0 aliphatic heterocycles. The summed E-state index contributed by atoms with van der Waals surface area (Å²) >= 11 is 7.35. The van der Waals surface area contributed by atoms with E-state index in [0.717, 1.165) is 23.7 Å². The van der Waals surface area contributed by atoms with Crippen LogP contribution in [-0.2, 0) is 18.8 Å². The number of aryl methyl sites for hydroxylation is 3. The minimum atomic E-state index is 0.497. The third-order valence-corrected chi connectivity index (χ3v) is 3.28. The van der Waals surface area contributed by atoms with Crippen LogP contribution in [0.1, 0.15) is 16.3 Å². The first kappa shape index (κ1) is 10.6. The highest BCUT2D eigenvalue weighted by Crippen LogP contribution is 2.12. The third kappa shape index (κ3) is 2.79. The lowest BCUT2D eigenvalue weighted by Crippen LogP contribution is -2.01. The Bertz CT molecular complexity index is 435. The normalized spacial score (nSPS) is 10.8. The predicted molar refractivity (Wildman–Crippen MR) is 62.3 cm³/mol. The van der Waals surface area contributed by atoms with Crippen molar-refractivity contribution in [1.29, 1.82) is 0 Å². The van der Waals surface area contributed by atoms with Crippen LogP contribution in [0.3, 0.4) is 0 Å². The molecule has 2 aromatic rings. The summed E-state index contributed by atoms with van der Waals surface area (Å²) in [5, 5.41) is 7.36. The van der Waals surface area contributed by atoms with Crippen LogP contribution in [0.2, 0.25) is 0 Å². The van der Waals surface area contributed by atoms with Crippen molar-refractivity contribution in [2.24, 2.45) is 0 Å². The number of thiazole rings is 1. The van der Waals surface area contributed by atoms with Crippen molar-refractivity contribution in [2.45, 2.75) is 25.8 Å². The second-order valence-corrected chi connectivity index (χ2v) is 4.61. The molecule has 2 heterocycles. The van der Waals surface area contributed by atoms with E-state index < -0.39 is 0 Å². The lowest BCUT2D eigenvalue weighted by molar-refractivity contribution is 0.612. The van der Waals surface area contributed by atoms with E-state index in [0.29, 0.717) is 5.88 Å². The number of hydrogen-bond acceptors (Lipinski definition) is 3. The molecule has 0 amide bonds. The monoisotopic (exact) mass is 241 g/mol. The van der Waals surface area contributed by atoms with Gasteiger partial charge in [0.1, 0.15) is 0 Å². The Balaban J connectivity index is 1.93. The van der Waals surface area contributed by atoms with E-state index in [1.807, 2.05) is 29.4 Å². The van der Waals surface area contributed by atoms with Crippen LogP contribution in [0, 0.1) is 6.92 Å². The average molecular weight is 242 g/mol. The molecule has 0 atom stereocenters. The first-order valence-electron chi connectivity index (χ1n) is 4.76. The van der Waals surface area contributed by atoms with Gasteiger partial charge in [-0.1, -0.05) is 0 Å². The quantitative estimate of drug-likeness (QED) is 0.771. The summed E-state index contributed by atoms with van der Waals surface area (Å²) < 4.78 is 1.94. The third-order valence-electron chi connectivity index (χ3n) is 2.05. The molecule has 0 aliphatic rings. The maximum atomic E-state index is 5.69. The highest BCUT2D eigenvalue weighted by molar-refractivity contribution is 7.09. The summed E-state index contributed by atoms with van der Waals surface area (Å²) in [5.41, 5.74) is 2.16. The van der Waals surface area contributed by atoms with Gasteiger partial charge in [-0.05, 0) is 12.5 Å². The van der Waals surface area contributed by atoms with E-state index in [-0.39, 0.29) is 0 Å². The smallest absolute Gasteiger partial charge is 0.0947 e. The van der Waals surface area contributed by atoms with Gasteiger partial charge < -0.3 is 0 Å². The van der Waals surface area contributed by atoms with Gasteiger partial charge in [0.15, 0.2) is 0 Å². The second kappa shape index (κ2) is 4.77. The molecule has 0 aromatic carbocycles. The lowest BCUT2D eigenvalue weighted by Gasteiger charge is -1.97. The molecule has 0 saturated carbocycles. The van der Waals surface area contributed by atoms with Gasteiger partial charge in [-0.25, -0.2) is 4.98 Å². The summed E-state index contributed by atoms with van der Waals surface area (Å²) in [6.45, 7) is 2.92. The van der Waals surface area contributed by atoms with Gasteiger partial charge in [0.05, 0.1) is 22.8 Å². The Morgan fingerprint density at radius 1 is 1.53 bits per heavy atom. The van der Waals surface area contributed by atoms with Gasteiger partial charge in [-0.15, -0.1) is 22.9 Å². The van der Waals surface area contributed by atoms with Crippen molar-refractivity contribution in [3.8, 4) is 0 Å². The zero-order valence-corrected chi connectivity index (χ0v) is 10.1. The molecule has 5 heteroatoms. The molecule has 2 aromatic heterocycles. The predicted octanol–water partition coefficient (Wildman–Crippen LogP) is 2.63. The number of hydrogen-bond donors (Lipinski definition) is 0. The fourth-order valence-corrected chi connectivity index (χ4v) is 2.34. The number of halogens is 1. The van der Waals surface area contributed by atoms with Crippen molar-refractivity contribution in [3.63, 3.8) is 0 Å². The maximum Gasteiger partial charge on any atom is 0.0947 e. The Morgan fingerprint density at radius 2 is 2.40 bits per heavy atom. The SMILES string of the molecule is Cc1cnn(CCc2nc(CCl)cs2)c1. The molecule has 0 saturated heterocycles. The van der Waals surface area contributed by atoms with E-state index in [1.165, 1.54) is 5.56 Å². The Morgan fingerprint density at radius 3 is 3.00 bits per heavy atom. The zero-order valence-electron chi connectivity index (χ0n) is 8.48. The molecule has 0 radical (unpaired) electrons. The van der Waals surface area contributed by atoms with Crippen molar-refractivity contribution >= 4 is 22.9 Å². The number of aromatic nitrogens is 3. The number of rotatable bonds is 4. The van der Waals surface area contributed by atoms with Crippen molar-refractivity contribution in [3.05, 3.63) is 34.0 Å². The maximum absolute atomic E-state index is 5.69. The Labute approximate surface area is 97.7 Å². The van der Waals surface area contributed by atoms with Gasteiger partial charge in [-0.2, -0.15) is 5.10 Å². The van der Waals surface area contributed by atoms with E-state index >= 15 is 0 Å². The van der Waals surface area contributed by atoms with Crippen molar-refractivity contribution in [1.82, 2.24) is 14.8 Å². The van der Waals surface area contributed by atoms with Gasteiger partial charge in [-0.3, -0.25) is 4.68 Å².